The summed E-state index contributed by atoms with van der Waals surface area (Å²) in [5.41, 5.74) is 5.16. The van der Waals surface area contributed by atoms with Gasteiger partial charge in [-0.15, -0.1) is 5.73 Å². The van der Waals surface area contributed by atoms with Crippen LogP contribution in [-0.2, 0) is 0 Å². The van der Waals surface area contributed by atoms with Gasteiger partial charge in [0.1, 0.15) is 0 Å². The topological polar surface area (TPSA) is 0 Å². The highest BCUT2D eigenvalue weighted by Gasteiger charge is 1.92. The summed E-state index contributed by atoms with van der Waals surface area (Å²) in [5, 5.41) is 0. The average molecular weight is 256 g/mol. The highest BCUT2D eigenvalue weighted by atomic mass is 127. The van der Waals surface area contributed by atoms with Crippen LogP contribution >= 0.6 is 22.6 Å². The lowest BCUT2D eigenvalue weighted by Gasteiger charge is -1.97. The van der Waals surface area contributed by atoms with Crippen molar-refractivity contribution >= 4 is 28.2 Å². The molecule has 56 valence electrons. The maximum atomic E-state index is 3.60. The molecule has 0 aliphatic rings. The fourth-order valence-corrected chi connectivity index (χ4v) is 1.16. The van der Waals surface area contributed by atoms with Crippen LogP contribution in [0.1, 0.15) is 12.5 Å². The van der Waals surface area contributed by atoms with Crippen LogP contribution in [0.15, 0.2) is 36.6 Å². The minimum Gasteiger partial charge on any atom is -0.125 e. The minimum atomic E-state index is 1.10. The first-order chi connectivity index (χ1) is 5.24. The number of halogens is 1. The van der Waals surface area contributed by atoms with Crippen LogP contribution in [0.2, 0.25) is 0 Å². The highest BCUT2D eigenvalue weighted by Crippen LogP contribution is 2.13. The molecular formula is C10H9I. The molecule has 0 spiro atoms. The standard InChI is InChI=1S/C10H9I/c1-3-8(2)9-4-6-10(11)7-5-9/h4-7H,1H2,2H3. The van der Waals surface area contributed by atoms with E-state index in [4.69, 9.17) is 0 Å². The molecule has 0 nitrogen and oxygen atoms in total. The summed E-state index contributed by atoms with van der Waals surface area (Å²) in [7, 11) is 0. The molecule has 0 bridgehead atoms. The van der Waals surface area contributed by atoms with Crippen LogP contribution in [0.4, 0.5) is 0 Å². The molecular weight excluding hydrogens is 247 g/mol. The molecule has 0 heterocycles. The number of rotatable bonds is 1. The average Bonchev–Trinajstić information content (AvgIpc) is 2.05. The molecule has 0 saturated carbocycles. The van der Waals surface area contributed by atoms with Crippen molar-refractivity contribution in [2.75, 3.05) is 0 Å². The number of hydrogen-bond donors (Lipinski definition) is 0. The van der Waals surface area contributed by atoms with Gasteiger partial charge in [-0.3, -0.25) is 0 Å². The second-order valence-corrected chi connectivity index (χ2v) is 3.55. The van der Waals surface area contributed by atoms with E-state index in [2.05, 4.69) is 59.2 Å². The first-order valence-corrected chi connectivity index (χ1v) is 4.44. The lowest BCUT2D eigenvalue weighted by molar-refractivity contribution is 1.55. The van der Waals surface area contributed by atoms with E-state index in [-0.39, 0.29) is 0 Å². The Hall–Kier alpha value is -0.530. The highest BCUT2D eigenvalue weighted by molar-refractivity contribution is 14.1. The summed E-state index contributed by atoms with van der Waals surface area (Å²) >= 11 is 2.29. The third kappa shape index (κ3) is 2.21. The summed E-state index contributed by atoms with van der Waals surface area (Å²) in [6, 6.07) is 8.32. The van der Waals surface area contributed by atoms with Crippen molar-refractivity contribution in [3.63, 3.8) is 0 Å². The second kappa shape index (κ2) is 3.74. The lowest BCUT2D eigenvalue weighted by atomic mass is 10.1. The Morgan fingerprint density at radius 3 is 2.36 bits per heavy atom. The molecule has 1 heteroatoms. The van der Waals surface area contributed by atoms with E-state index < -0.39 is 0 Å². The third-order valence-electron chi connectivity index (χ3n) is 1.54. The van der Waals surface area contributed by atoms with Crippen molar-refractivity contribution in [2.45, 2.75) is 6.92 Å². The van der Waals surface area contributed by atoms with E-state index >= 15 is 0 Å². The summed E-state index contributed by atoms with van der Waals surface area (Å²) in [4.78, 5) is 0. The van der Waals surface area contributed by atoms with E-state index in [1.165, 1.54) is 9.13 Å². The largest absolute Gasteiger partial charge is 0.125 e. The molecule has 1 aromatic carbocycles. The van der Waals surface area contributed by atoms with Gasteiger partial charge in [0.25, 0.3) is 0 Å². The van der Waals surface area contributed by atoms with Gasteiger partial charge in [-0.05, 0) is 52.8 Å². The van der Waals surface area contributed by atoms with Crippen LogP contribution in [0.3, 0.4) is 0 Å². The molecule has 1 rings (SSSR count). The Morgan fingerprint density at radius 2 is 1.91 bits per heavy atom. The Labute approximate surface area is 80.8 Å². The van der Waals surface area contributed by atoms with Crippen LogP contribution < -0.4 is 0 Å². The fraction of sp³-hybridized carbons (Fsp3) is 0.100. The van der Waals surface area contributed by atoms with Gasteiger partial charge in [0, 0.05) is 3.57 Å². The maximum Gasteiger partial charge on any atom is 0.0130 e. The summed E-state index contributed by atoms with van der Waals surface area (Å²) in [5.74, 6) is 0. The number of allylic oxidation sites excluding steroid dienone is 1. The van der Waals surface area contributed by atoms with E-state index in [0.717, 1.165) is 5.57 Å². The predicted octanol–water partition coefficient (Wildman–Crippen LogP) is 3.48. The SMILES string of the molecule is C=C=C(C)c1ccc(I)cc1. The molecule has 0 fully saturated rings. The van der Waals surface area contributed by atoms with Crippen LogP contribution in [0.5, 0.6) is 0 Å². The zero-order valence-electron chi connectivity index (χ0n) is 6.39. The fourth-order valence-electron chi connectivity index (χ4n) is 0.802. The van der Waals surface area contributed by atoms with Crippen molar-refractivity contribution in [3.05, 3.63) is 45.7 Å². The molecule has 0 aromatic heterocycles. The van der Waals surface area contributed by atoms with E-state index in [9.17, 15) is 0 Å². The predicted molar refractivity (Wildman–Crippen MR) is 57.4 cm³/mol. The van der Waals surface area contributed by atoms with Crippen molar-refractivity contribution in [2.24, 2.45) is 0 Å². The van der Waals surface area contributed by atoms with Gasteiger partial charge in [0.15, 0.2) is 0 Å². The van der Waals surface area contributed by atoms with Gasteiger partial charge in [-0.25, -0.2) is 0 Å². The smallest absolute Gasteiger partial charge is 0.0130 e. The molecule has 0 aliphatic carbocycles. The lowest BCUT2D eigenvalue weighted by Crippen LogP contribution is -1.77. The van der Waals surface area contributed by atoms with Gasteiger partial charge in [0.2, 0.25) is 0 Å². The van der Waals surface area contributed by atoms with Gasteiger partial charge in [-0.2, -0.15) is 0 Å². The van der Waals surface area contributed by atoms with Gasteiger partial charge in [-0.1, -0.05) is 18.7 Å². The Kier molecular flexibility index (Phi) is 2.92. The number of hydrogen-bond acceptors (Lipinski definition) is 0. The Bertz CT molecular complexity index is 289. The molecule has 0 aliphatic heterocycles. The summed E-state index contributed by atoms with van der Waals surface area (Å²) in [6.07, 6.45) is 0. The molecule has 11 heavy (non-hydrogen) atoms. The van der Waals surface area contributed by atoms with E-state index in [0.29, 0.717) is 0 Å². The van der Waals surface area contributed by atoms with Gasteiger partial charge in [0.05, 0.1) is 0 Å². The second-order valence-electron chi connectivity index (χ2n) is 2.31. The van der Waals surface area contributed by atoms with Crippen molar-refractivity contribution in [1.82, 2.24) is 0 Å². The molecule has 0 radical (unpaired) electrons. The quantitative estimate of drug-likeness (QED) is 0.533. The van der Waals surface area contributed by atoms with Gasteiger partial charge >= 0.3 is 0 Å². The maximum absolute atomic E-state index is 3.60. The third-order valence-corrected chi connectivity index (χ3v) is 2.26. The monoisotopic (exact) mass is 256 g/mol. The van der Waals surface area contributed by atoms with E-state index in [1.54, 1.807) is 0 Å². The Morgan fingerprint density at radius 1 is 1.36 bits per heavy atom. The zero-order valence-corrected chi connectivity index (χ0v) is 8.55. The van der Waals surface area contributed by atoms with Crippen LogP contribution in [0, 0.1) is 3.57 Å². The molecule has 0 atom stereocenters. The molecule has 1 aromatic rings. The molecule has 0 amide bonds. The molecule has 0 unspecified atom stereocenters. The summed E-state index contributed by atoms with van der Waals surface area (Å²) < 4.78 is 1.25. The zero-order chi connectivity index (χ0) is 8.27. The van der Waals surface area contributed by atoms with Gasteiger partial charge < -0.3 is 0 Å². The Balaban J connectivity index is 3.08. The summed E-state index contributed by atoms with van der Waals surface area (Å²) in [6.45, 7) is 5.60. The van der Waals surface area contributed by atoms with Crippen LogP contribution in [-0.4, -0.2) is 0 Å². The minimum absolute atomic E-state index is 1.10. The van der Waals surface area contributed by atoms with E-state index in [1.807, 2.05) is 6.92 Å². The van der Waals surface area contributed by atoms with Crippen molar-refractivity contribution in [1.29, 1.82) is 0 Å². The molecule has 0 N–H and O–H groups in total. The normalized spacial score (nSPS) is 8.91. The van der Waals surface area contributed by atoms with Crippen molar-refractivity contribution in [3.8, 4) is 0 Å². The number of benzene rings is 1. The van der Waals surface area contributed by atoms with Crippen LogP contribution in [0.25, 0.3) is 5.57 Å². The van der Waals surface area contributed by atoms with Crippen molar-refractivity contribution < 1.29 is 0 Å². The first kappa shape index (κ1) is 8.57. The first-order valence-electron chi connectivity index (χ1n) is 3.36. The molecule has 0 saturated heterocycles.